The van der Waals surface area contributed by atoms with Crippen LogP contribution in [0.2, 0.25) is 0 Å². The minimum absolute atomic E-state index is 0.622. The number of aliphatic carboxylic acids is 1. The Hall–Kier alpha value is -3.26. The Labute approximate surface area is 159 Å². The fraction of sp³-hybridized carbons (Fsp3) is 0.571. The Morgan fingerprint density at radius 2 is 1.29 bits per heavy atom. The smallest absolute Gasteiger partial charge is 0.326 e. The van der Waals surface area contributed by atoms with E-state index in [2.05, 4.69) is 10.6 Å². The van der Waals surface area contributed by atoms with E-state index in [4.69, 9.17) is 27.4 Å². The summed E-state index contributed by atoms with van der Waals surface area (Å²) in [5.41, 5.74) is 15.2. The van der Waals surface area contributed by atoms with Gasteiger partial charge >= 0.3 is 5.97 Å². The lowest BCUT2D eigenvalue weighted by Crippen LogP contribution is -2.57. The molecule has 0 saturated heterocycles. The number of carboxylic acid groups (broad SMARTS) is 1. The molecule has 0 saturated carbocycles. The molecule has 11 N–H and O–H groups in total. The first-order valence-corrected chi connectivity index (χ1v) is 7.96. The fourth-order valence-electron chi connectivity index (χ4n) is 1.85. The van der Waals surface area contributed by atoms with Gasteiger partial charge in [0.1, 0.15) is 24.2 Å². The van der Waals surface area contributed by atoms with E-state index in [1.807, 2.05) is 5.32 Å². The summed E-state index contributed by atoms with van der Waals surface area (Å²) in [5, 5.41) is 24.1. The Balaban J connectivity index is 5.05. The lowest BCUT2D eigenvalue weighted by molar-refractivity contribution is -0.143. The number of nitrogens with one attached hydrogen (secondary N) is 3. The molecule has 0 heterocycles. The summed E-state index contributed by atoms with van der Waals surface area (Å²) in [6.45, 7) is 0.477. The number of hydrogen-bond acceptors (Lipinski definition) is 8. The average Bonchev–Trinajstić information content (AvgIpc) is 2.58. The summed E-state index contributed by atoms with van der Waals surface area (Å²) >= 11 is 0. The number of carbonyl (C=O) groups excluding carboxylic acids is 5. The molecule has 0 radical (unpaired) electrons. The van der Waals surface area contributed by atoms with Crippen molar-refractivity contribution in [3.05, 3.63) is 0 Å². The molecule has 0 spiro atoms. The van der Waals surface area contributed by atoms with Crippen LogP contribution >= 0.6 is 0 Å². The van der Waals surface area contributed by atoms with Gasteiger partial charge in [-0.25, -0.2) is 4.79 Å². The Bertz CT molecular complexity index is 639. The molecule has 0 aliphatic rings. The van der Waals surface area contributed by atoms with Crippen LogP contribution in [0.15, 0.2) is 0 Å². The van der Waals surface area contributed by atoms with Crippen LogP contribution in [0, 0.1) is 0 Å². The van der Waals surface area contributed by atoms with Crippen molar-refractivity contribution in [2.24, 2.45) is 17.2 Å². The highest BCUT2D eigenvalue weighted by atomic mass is 16.4. The molecular formula is C14H24N6O8. The molecule has 0 aliphatic carbocycles. The molecule has 0 aromatic carbocycles. The molecule has 0 aromatic rings. The minimum Gasteiger partial charge on any atom is -0.480 e. The van der Waals surface area contributed by atoms with Gasteiger partial charge in [0.25, 0.3) is 0 Å². The molecule has 158 valence electrons. The van der Waals surface area contributed by atoms with Gasteiger partial charge in [-0.3, -0.25) is 24.0 Å². The zero-order chi connectivity index (χ0) is 22.0. The normalized spacial score (nSPS) is 14.7. The van der Waals surface area contributed by atoms with E-state index in [-0.39, 0.29) is 0 Å². The number of aliphatic hydroxyl groups is 1. The van der Waals surface area contributed by atoms with E-state index in [9.17, 15) is 28.8 Å². The molecule has 28 heavy (non-hydrogen) atoms. The molecule has 0 aromatic heterocycles. The summed E-state index contributed by atoms with van der Waals surface area (Å²) in [4.78, 5) is 68.9. The summed E-state index contributed by atoms with van der Waals surface area (Å²) in [7, 11) is 0. The molecule has 14 heteroatoms. The zero-order valence-corrected chi connectivity index (χ0v) is 15.0. The second kappa shape index (κ2) is 11.5. The number of carbonyl (C=O) groups is 6. The molecule has 4 unspecified atom stereocenters. The van der Waals surface area contributed by atoms with Crippen LogP contribution in [0.1, 0.15) is 19.8 Å². The standard InChI is InChI=1S/C14H24N6O8/c1-5(11(24)20-8(14(27)28)3-10(17)23)18-13(26)7(2-9(16)22)19-12(25)6(15)4-21/h5-8,21H,2-4,15H2,1H3,(H2,16,22)(H2,17,23)(H,18,26)(H,19,25)(H,20,24)(H,27,28). The number of primary amides is 2. The topological polar surface area (TPSA) is 257 Å². The monoisotopic (exact) mass is 404 g/mol. The van der Waals surface area contributed by atoms with Crippen molar-refractivity contribution < 1.29 is 39.0 Å². The summed E-state index contributed by atoms with van der Waals surface area (Å²) < 4.78 is 0. The van der Waals surface area contributed by atoms with Crippen LogP contribution in [0.5, 0.6) is 0 Å². The number of carboxylic acids is 1. The lowest BCUT2D eigenvalue weighted by Gasteiger charge is -2.22. The number of hydrogen-bond donors (Lipinski definition) is 8. The first kappa shape index (κ1) is 24.7. The van der Waals surface area contributed by atoms with E-state index in [0.29, 0.717) is 0 Å². The van der Waals surface area contributed by atoms with Crippen LogP contribution in [0.4, 0.5) is 0 Å². The molecule has 4 atom stereocenters. The van der Waals surface area contributed by atoms with Crippen molar-refractivity contribution in [3.8, 4) is 0 Å². The van der Waals surface area contributed by atoms with Gasteiger partial charge in [0, 0.05) is 0 Å². The van der Waals surface area contributed by atoms with Gasteiger partial charge in [0.15, 0.2) is 0 Å². The number of amides is 5. The predicted molar refractivity (Wildman–Crippen MR) is 91.8 cm³/mol. The number of nitrogens with two attached hydrogens (primary N) is 3. The van der Waals surface area contributed by atoms with Crippen LogP contribution in [-0.4, -0.2) is 76.5 Å². The van der Waals surface area contributed by atoms with Crippen molar-refractivity contribution in [3.63, 3.8) is 0 Å². The van der Waals surface area contributed by atoms with E-state index in [0.717, 1.165) is 0 Å². The molecule has 0 fully saturated rings. The van der Waals surface area contributed by atoms with Gasteiger partial charge < -0.3 is 43.4 Å². The van der Waals surface area contributed by atoms with Crippen LogP contribution in [-0.2, 0) is 28.8 Å². The van der Waals surface area contributed by atoms with Crippen LogP contribution in [0.3, 0.4) is 0 Å². The Kier molecular flexibility index (Phi) is 10.1. The van der Waals surface area contributed by atoms with E-state index in [1.54, 1.807) is 0 Å². The highest BCUT2D eigenvalue weighted by molar-refractivity contribution is 5.96. The van der Waals surface area contributed by atoms with Gasteiger partial charge in [0.2, 0.25) is 29.5 Å². The second-order valence-corrected chi connectivity index (χ2v) is 5.82. The summed E-state index contributed by atoms with van der Waals surface area (Å²) in [6.07, 6.45) is -1.29. The number of rotatable bonds is 12. The quantitative estimate of drug-likeness (QED) is 0.154. The largest absolute Gasteiger partial charge is 0.480 e. The maximum Gasteiger partial charge on any atom is 0.326 e. The second-order valence-electron chi connectivity index (χ2n) is 5.82. The average molecular weight is 404 g/mol. The zero-order valence-electron chi connectivity index (χ0n) is 15.0. The maximum absolute atomic E-state index is 12.2. The molecule has 0 aliphatic heterocycles. The molecule has 0 rings (SSSR count). The predicted octanol–water partition coefficient (Wildman–Crippen LogP) is -5.38. The Morgan fingerprint density at radius 1 is 0.821 bits per heavy atom. The van der Waals surface area contributed by atoms with E-state index in [1.165, 1.54) is 6.92 Å². The van der Waals surface area contributed by atoms with Crippen molar-refractivity contribution in [1.29, 1.82) is 0 Å². The summed E-state index contributed by atoms with van der Waals surface area (Å²) in [6, 6.07) is -5.75. The minimum atomic E-state index is -1.60. The van der Waals surface area contributed by atoms with Crippen molar-refractivity contribution in [2.75, 3.05) is 6.61 Å². The van der Waals surface area contributed by atoms with Gasteiger partial charge in [-0.15, -0.1) is 0 Å². The first-order valence-electron chi connectivity index (χ1n) is 7.96. The van der Waals surface area contributed by atoms with Crippen molar-refractivity contribution in [2.45, 2.75) is 43.9 Å². The van der Waals surface area contributed by atoms with Crippen LogP contribution in [0.25, 0.3) is 0 Å². The van der Waals surface area contributed by atoms with Gasteiger partial charge in [-0.2, -0.15) is 0 Å². The SMILES string of the molecule is CC(NC(=O)C(CC(N)=O)NC(=O)C(N)CO)C(=O)NC(CC(N)=O)C(=O)O. The lowest BCUT2D eigenvalue weighted by atomic mass is 10.1. The van der Waals surface area contributed by atoms with E-state index >= 15 is 0 Å². The van der Waals surface area contributed by atoms with E-state index < -0.39 is 79.1 Å². The first-order chi connectivity index (χ1) is 12.9. The van der Waals surface area contributed by atoms with Crippen molar-refractivity contribution in [1.82, 2.24) is 16.0 Å². The van der Waals surface area contributed by atoms with Crippen LogP contribution < -0.4 is 33.2 Å². The third-order valence-electron chi connectivity index (χ3n) is 3.34. The van der Waals surface area contributed by atoms with Gasteiger partial charge in [-0.1, -0.05) is 0 Å². The molecular weight excluding hydrogens is 380 g/mol. The highest BCUT2D eigenvalue weighted by Crippen LogP contribution is 1.97. The number of aliphatic hydroxyl groups excluding tert-OH is 1. The molecule has 0 bridgehead atoms. The fourth-order valence-corrected chi connectivity index (χ4v) is 1.85. The highest BCUT2D eigenvalue weighted by Gasteiger charge is 2.29. The van der Waals surface area contributed by atoms with Gasteiger partial charge in [-0.05, 0) is 6.92 Å². The molecule has 14 nitrogen and oxygen atoms in total. The maximum atomic E-state index is 12.2. The summed E-state index contributed by atoms with van der Waals surface area (Å²) in [5.74, 6) is -6.30. The Morgan fingerprint density at radius 3 is 1.71 bits per heavy atom. The molecule has 5 amide bonds. The van der Waals surface area contributed by atoms with Crippen molar-refractivity contribution >= 4 is 35.5 Å². The third kappa shape index (κ3) is 8.91. The van der Waals surface area contributed by atoms with Gasteiger partial charge in [0.05, 0.1) is 19.4 Å². The third-order valence-corrected chi connectivity index (χ3v) is 3.34.